The standard InChI is InChI=1S/C14H18F5N/c1-3-20-13(5-4-6-14(17,18)19)10-7-9(2)11(15)8-12(10)16/h7-8,13,20H,3-6H2,1-2H3. The molecule has 1 aromatic carbocycles. The summed E-state index contributed by atoms with van der Waals surface area (Å²) >= 11 is 0. The largest absolute Gasteiger partial charge is 0.389 e. The highest BCUT2D eigenvalue weighted by molar-refractivity contribution is 5.28. The van der Waals surface area contributed by atoms with Crippen LogP contribution in [0.25, 0.3) is 0 Å². The Bertz CT molecular complexity index is 442. The van der Waals surface area contributed by atoms with Crippen LogP contribution < -0.4 is 5.32 Å². The van der Waals surface area contributed by atoms with Crippen LogP contribution in [0.3, 0.4) is 0 Å². The Balaban J connectivity index is 2.83. The van der Waals surface area contributed by atoms with Crippen molar-refractivity contribution in [2.45, 2.75) is 45.3 Å². The molecular formula is C14H18F5N. The third-order valence-electron chi connectivity index (χ3n) is 3.06. The van der Waals surface area contributed by atoms with Crippen molar-refractivity contribution in [2.75, 3.05) is 6.54 Å². The van der Waals surface area contributed by atoms with E-state index in [0.717, 1.165) is 6.07 Å². The molecule has 0 amide bonds. The van der Waals surface area contributed by atoms with Crippen molar-refractivity contribution in [1.82, 2.24) is 5.32 Å². The molecule has 0 fully saturated rings. The molecular weight excluding hydrogens is 277 g/mol. The van der Waals surface area contributed by atoms with Crippen LogP contribution in [-0.2, 0) is 0 Å². The summed E-state index contributed by atoms with van der Waals surface area (Å²) in [6, 6.07) is 1.59. The number of hydrogen-bond acceptors (Lipinski definition) is 1. The highest BCUT2D eigenvalue weighted by Gasteiger charge is 2.27. The third-order valence-corrected chi connectivity index (χ3v) is 3.06. The fourth-order valence-electron chi connectivity index (χ4n) is 2.07. The van der Waals surface area contributed by atoms with E-state index in [4.69, 9.17) is 0 Å². The van der Waals surface area contributed by atoms with Crippen molar-refractivity contribution < 1.29 is 22.0 Å². The van der Waals surface area contributed by atoms with Crippen molar-refractivity contribution in [3.63, 3.8) is 0 Å². The van der Waals surface area contributed by atoms with E-state index in [1.807, 2.05) is 0 Å². The van der Waals surface area contributed by atoms with E-state index in [0.29, 0.717) is 6.54 Å². The lowest BCUT2D eigenvalue weighted by Gasteiger charge is -2.20. The molecule has 0 spiro atoms. The van der Waals surface area contributed by atoms with E-state index in [2.05, 4.69) is 5.32 Å². The van der Waals surface area contributed by atoms with E-state index in [1.54, 1.807) is 6.92 Å². The summed E-state index contributed by atoms with van der Waals surface area (Å²) in [5.41, 5.74) is 0.494. The Morgan fingerprint density at radius 1 is 1.15 bits per heavy atom. The third kappa shape index (κ3) is 5.07. The van der Waals surface area contributed by atoms with Gasteiger partial charge in [-0.15, -0.1) is 0 Å². The normalized spacial score (nSPS) is 13.6. The topological polar surface area (TPSA) is 12.0 Å². The molecule has 20 heavy (non-hydrogen) atoms. The van der Waals surface area contributed by atoms with Gasteiger partial charge < -0.3 is 5.32 Å². The van der Waals surface area contributed by atoms with Gasteiger partial charge >= 0.3 is 6.18 Å². The molecule has 0 saturated heterocycles. The molecule has 114 valence electrons. The first-order valence-corrected chi connectivity index (χ1v) is 6.50. The minimum Gasteiger partial charge on any atom is -0.310 e. The average Bonchev–Trinajstić information content (AvgIpc) is 2.31. The molecule has 0 aliphatic rings. The fraction of sp³-hybridized carbons (Fsp3) is 0.571. The molecule has 1 rings (SSSR count). The lowest BCUT2D eigenvalue weighted by molar-refractivity contribution is -0.135. The van der Waals surface area contributed by atoms with E-state index >= 15 is 0 Å². The summed E-state index contributed by atoms with van der Waals surface area (Å²) in [7, 11) is 0. The smallest absolute Gasteiger partial charge is 0.310 e. The van der Waals surface area contributed by atoms with Crippen molar-refractivity contribution in [3.05, 3.63) is 34.9 Å². The molecule has 0 aliphatic carbocycles. The van der Waals surface area contributed by atoms with Crippen molar-refractivity contribution >= 4 is 0 Å². The van der Waals surface area contributed by atoms with Gasteiger partial charge in [-0.2, -0.15) is 13.2 Å². The SMILES string of the molecule is CCNC(CCCC(F)(F)F)c1cc(C)c(F)cc1F. The van der Waals surface area contributed by atoms with Crippen LogP contribution >= 0.6 is 0 Å². The van der Waals surface area contributed by atoms with E-state index in [-0.39, 0.29) is 24.0 Å². The van der Waals surface area contributed by atoms with E-state index in [9.17, 15) is 22.0 Å². The first-order chi connectivity index (χ1) is 9.24. The number of alkyl halides is 3. The van der Waals surface area contributed by atoms with Crippen molar-refractivity contribution in [1.29, 1.82) is 0 Å². The molecule has 0 aromatic heterocycles. The van der Waals surface area contributed by atoms with Crippen LogP contribution in [0.5, 0.6) is 0 Å². The number of halogens is 5. The number of benzene rings is 1. The maximum absolute atomic E-state index is 13.8. The first kappa shape index (κ1) is 16.9. The number of nitrogens with one attached hydrogen (secondary N) is 1. The minimum atomic E-state index is -4.21. The number of hydrogen-bond donors (Lipinski definition) is 1. The molecule has 0 radical (unpaired) electrons. The van der Waals surface area contributed by atoms with Gasteiger partial charge in [0.1, 0.15) is 11.6 Å². The molecule has 1 atom stereocenters. The predicted molar refractivity (Wildman–Crippen MR) is 67.4 cm³/mol. The van der Waals surface area contributed by atoms with E-state index in [1.165, 1.54) is 13.0 Å². The maximum Gasteiger partial charge on any atom is 0.389 e. The van der Waals surface area contributed by atoms with Gasteiger partial charge in [-0.05, 0) is 37.9 Å². The second kappa shape index (κ2) is 7.02. The van der Waals surface area contributed by atoms with Gasteiger partial charge in [0.25, 0.3) is 0 Å². The molecule has 0 bridgehead atoms. The fourth-order valence-corrected chi connectivity index (χ4v) is 2.07. The van der Waals surface area contributed by atoms with Crippen molar-refractivity contribution in [3.8, 4) is 0 Å². The molecule has 1 N–H and O–H groups in total. The Morgan fingerprint density at radius 3 is 2.35 bits per heavy atom. The number of rotatable bonds is 6. The molecule has 6 heteroatoms. The van der Waals surface area contributed by atoms with Crippen LogP contribution in [0.15, 0.2) is 12.1 Å². The summed E-state index contributed by atoms with van der Waals surface area (Å²) in [6.45, 7) is 3.77. The summed E-state index contributed by atoms with van der Waals surface area (Å²) in [5.74, 6) is -1.39. The zero-order chi connectivity index (χ0) is 15.3. The Labute approximate surface area is 115 Å². The highest BCUT2D eigenvalue weighted by atomic mass is 19.4. The molecule has 0 aliphatic heterocycles. The van der Waals surface area contributed by atoms with Gasteiger partial charge in [0, 0.05) is 24.1 Å². The predicted octanol–water partition coefficient (Wildman–Crippen LogP) is 4.66. The molecule has 1 unspecified atom stereocenters. The van der Waals surface area contributed by atoms with Gasteiger partial charge in [0.05, 0.1) is 0 Å². The van der Waals surface area contributed by atoms with Crippen LogP contribution in [-0.4, -0.2) is 12.7 Å². The molecule has 1 aromatic rings. The van der Waals surface area contributed by atoms with E-state index < -0.39 is 30.3 Å². The van der Waals surface area contributed by atoms with Gasteiger partial charge in [0.15, 0.2) is 0 Å². The maximum atomic E-state index is 13.8. The van der Waals surface area contributed by atoms with Crippen LogP contribution in [0.4, 0.5) is 22.0 Å². The summed E-state index contributed by atoms with van der Waals surface area (Å²) in [5, 5.41) is 2.94. The van der Waals surface area contributed by atoms with Gasteiger partial charge in [-0.1, -0.05) is 6.92 Å². The van der Waals surface area contributed by atoms with Crippen molar-refractivity contribution in [2.24, 2.45) is 0 Å². The lowest BCUT2D eigenvalue weighted by atomic mass is 9.98. The zero-order valence-corrected chi connectivity index (χ0v) is 11.5. The monoisotopic (exact) mass is 295 g/mol. The Hall–Kier alpha value is -1.17. The first-order valence-electron chi connectivity index (χ1n) is 6.50. The van der Waals surface area contributed by atoms with Crippen LogP contribution in [0.1, 0.15) is 43.4 Å². The lowest BCUT2D eigenvalue weighted by Crippen LogP contribution is -2.23. The summed E-state index contributed by atoms with van der Waals surface area (Å²) in [4.78, 5) is 0. The molecule has 1 nitrogen and oxygen atoms in total. The zero-order valence-electron chi connectivity index (χ0n) is 11.5. The average molecular weight is 295 g/mol. The highest BCUT2D eigenvalue weighted by Crippen LogP contribution is 2.28. The summed E-state index contributed by atoms with van der Waals surface area (Å²) < 4.78 is 63.4. The van der Waals surface area contributed by atoms with Gasteiger partial charge in [0.2, 0.25) is 0 Å². The Morgan fingerprint density at radius 2 is 1.80 bits per heavy atom. The van der Waals surface area contributed by atoms with Crippen LogP contribution in [0.2, 0.25) is 0 Å². The van der Waals surface area contributed by atoms with Gasteiger partial charge in [-0.25, -0.2) is 8.78 Å². The summed E-state index contributed by atoms with van der Waals surface area (Å²) in [6.07, 6.45) is -5.07. The minimum absolute atomic E-state index is 0.100. The second-order valence-corrected chi connectivity index (χ2v) is 4.74. The number of aryl methyl sites for hydroxylation is 1. The quantitative estimate of drug-likeness (QED) is 0.753. The Kier molecular flexibility index (Phi) is 5.92. The second-order valence-electron chi connectivity index (χ2n) is 4.74. The van der Waals surface area contributed by atoms with Gasteiger partial charge in [-0.3, -0.25) is 0 Å². The molecule has 0 heterocycles. The van der Waals surface area contributed by atoms with Crippen LogP contribution in [0, 0.1) is 18.6 Å². The molecule has 0 saturated carbocycles.